The highest BCUT2D eigenvalue weighted by atomic mass is 16.4. The number of hydrogen-bond donors (Lipinski definition) is 1. The van der Waals surface area contributed by atoms with Gasteiger partial charge < -0.3 is 13.9 Å². The SMILES string of the molecule is CC(C)(C)c1nc2cccc(C(C)(O)c3cccc4nc(C(C)(C)C)oc34)c2o1. The number of fused-ring (bicyclic) bond motifs is 2. The van der Waals surface area contributed by atoms with E-state index < -0.39 is 5.60 Å². The maximum atomic E-state index is 11.7. The van der Waals surface area contributed by atoms with Crippen molar-refractivity contribution in [3.63, 3.8) is 0 Å². The van der Waals surface area contributed by atoms with E-state index in [4.69, 9.17) is 8.83 Å². The van der Waals surface area contributed by atoms with E-state index in [0.29, 0.717) is 34.1 Å². The Balaban J connectivity index is 1.94. The molecule has 0 amide bonds. The molecule has 0 saturated heterocycles. The minimum absolute atomic E-state index is 0.227. The third kappa shape index (κ3) is 3.23. The maximum absolute atomic E-state index is 11.7. The first-order chi connectivity index (χ1) is 13.4. The van der Waals surface area contributed by atoms with Crippen LogP contribution in [-0.2, 0) is 16.4 Å². The van der Waals surface area contributed by atoms with Crippen LogP contribution in [0.5, 0.6) is 0 Å². The molecule has 0 radical (unpaired) electrons. The summed E-state index contributed by atoms with van der Waals surface area (Å²) in [5.41, 5.74) is 2.15. The van der Waals surface area contributed by atoms with Crippen molar-refractivity contribution in [2.75, 3.05) is 0 Å². The molecule has 0 unspecified atom stereocenters. The second-order valence-corrected chi connectivity index (χ2v) is 9.92. The summed E-state index contributed by atoms with van der Waals surface area (Å²) in [6, 6.07) is 11.3. The second-order valence-electron chi connectivity index (χ2n) is 9.92. The number of aliphatic hydroxyl groups is 1. The molecule has 0 aliphatic carbocycles. The van der Waals surface area contributed by atoms with Crippen LogP contribution in [-0.4, -0.2) is 15.1 Å². The summed E-state index contributed by atoms with van der Waals surface area (Å²) in [7, 11) is 0. The average Bonchev–Trinajstić information content (AvgIpc) is 3.24. The fourth-order valence-corrected chi connectivity index (χ4v) is 3.45. The molecule has 2 aromatic carbocycles. The van der Waals surface area contributed by atoms with Gasteiger partial charge in [0.25, 0.3) is 0 Å². The Morgan fingerprint density at radius 3 is 1.38 bits per heavy atom. The molecule has 5 nitrogen and oxygen atoms in total. The third-order valence-electron chi connectivity index (χ3n) is 5.16. The van der Waals surface area contributed by atoms with E-state index in [9.17, 15) is 5.11 Å². The van der Waals surface area contributed by atoms with Crippen molar-refractivity contribution < 1.29 is 13.9 Å². The van der Waals surface area contributed by atoms with E-state index >= 15 is 0 Å². The Labute approximate surface area is 170 Å². The van der Waals surface area contributed by atoms with Gasteiger partial charge >= 0.3 is 0 Å². The predicted octanol–water partition coefficient (Wildman–Crippen LogP) is 5.82. The smallest absolute Gasteiger partial charge is 0.200 e. The summed E-state index contributed by atoms with van der Waals surface area (Å²) in [4.78, 5) is 9.27. The van der Waals surface area contributed by atoms with Gasteiger partial charge in [0.05, 0.1) is 0 Å². The van der Waals surface area contributed by atoms with Gasteiger partial charge in [-0.05, 0) is 19.1 Å². The van der Waals surface area contributed by atoms with Gasteiger partial charge in [-0.2, -0.15) is 0 Å². The van der Waals surface area contributed by atoms with Crippen LogP contribution in [0.3, 0.4) is 0 Å². The monoisotopic (exact) mass is 392 g/mol. The number of rotatable bonds is 2. The zero-order valence-electron chi connectivity index (χ0n) is 18.1. The van der Waals surface area contributed by atoms with Gasteiger partial charge in [0.15, 0.2) is 11.2 Å². The van der Waals surface area contributed by atoms with Crippen molar-refractivity contribution in [3.8, 4) is 0 Å². The molecule has 0 atom stereocenters. The van der Waals surface area contributed by atoms with Crippen LogP contribution in [0.2, 0.25) is 0 Å². The number of nitrogens with zero attached hydrogens (tertiary/aromatic N) is 2. The Morgan fingerprint density at radius 2 is 1.03 bits per heavy atom. The number of hydrogen-bond acceptors (Lipinski definition) is 5. The van der Waals surface area contributed by atoms with Gasteiger partial charge in [-0.25, -0.2) is 9.97 Å². The molecule has 1 N–H and O–H groups in total. The minimum Gasteiger partial charge on any atom is -0.440 e. The lowest BCUT2D eigenvalue weighted by Gasteiger charge is -2.24. The summed E-state index contributed by atoms with van der Waals surface area (Å²) in [6.45, 7) is 14.1. The molecule has 0 aliphatic rings. The summed E-state index contributed by atoms with van der Waals surface area (Å²) >= 11 is 0. The van der Waals surface area contributed by atoms with Gasteiger partial charge in [0.2, 0.25) is 11.8 Å². The quantitative estimate of drug-likeness (QED) is 0.465. The predicted molar refractivity (Wildman–Crippen MR) is 114 cm³/mol. The van der Waals surface area contributed by atoms with Crippen molar-refractivity contribution in [3.05, 3.63) is 59.3 Å². The molecule has 152 valence electrons. The molecular weight excluding hydrogens is 364 g/mol. The average molecular weight is 392 g/mol. The number of benzene rings is 2. The zero-order chi connectivity index (χ0) is 21.2. The summed E-state index contributed by atoms with van der Waals surface area (Å²) in [5, 5.41) is 11.7. The Morgan fingerprint density at radius 1 is 0.655 bits per heavy atom. The van der Waals surface area contributed by atoms with Gasteiger partial charge in [0.1, 0.15) is 16.6 Å². The lowest BCUT2D eigenvalue weighted by molar-refractivity contribution is 0.103. The zero-order valence-corrected chi connectivity index (χ0v) is 18.1. The molecule has 0 saturated carbocycles. The van der Waals surface area contributed by atoms with Crippen LogP contribution >= 0.6 is 0 Å². The van der Waals surface area contributed by atoms with Crippen molar-refractivity contribution in [2.24, 2.45) is 0 Å². The first kappa shape index (κ1) is 19.6. The lowest BCUT2D eigenvalue weighted by atomic mass is 9.87. The summed E-state index contributed by atoms with van der Waals surface area (Å²) in [6.07, 6.45) is 0. The molecule has 4 aromatic rings. The van der Waals surface area contributed by atoms with E-state index in [2.05, 4.69) is 51.5 Å². The molecule has 0 aliphatic heterocycles. The van der Waals surface area contributed by atoms with E-state index in [0.717, 1.165) is 11.0 Å². The number of oxazole rings is 2. The third-order valence-corrected chi connectivity index (χ3v) is 5.16. The highest BCUT2D eigenvalue weighted by Gasteiger charge is 2.34. The van der Waals surface area contributed by atoms with Crippen LogP contribution in [0.4, 0.5) is 0 Å². The van der Waals surface area contributed by atoms with E-state index in [1.54, 1.807) is 6.92 Å². The minimum atomic E-state index is -1.34. The Hall–Kier alpha value is -2.66. The maximum Gasteiger partial charge on any atom is 0.200 e. The highest BCUT2D eigenvalue weighted by molar-refractivity contribution is 5.82. The molecule has 0 bridgehead atoms. The van der Waals surface area contributed by atoms with Gasteiger partial charge in [-0.1, -0.05) is 65.8 Å². The Kier molecular flexibility index (Phi) is 4.18. The molecule has 0 spiro atoms. The van der Waals surface area contributed by atoms with Crippen LogP contribution in [0.1, 0.15) is 71.4 Å². The van der Waals surface area contributed by atoms with Crippen molar-refractivity contribution in [1.82, 2.24) is 9.97 Å². The molecule has 2 heterocycles. The second kappa shape index (κ2) is 6.17. The lowest BCUT2D eigenvalue weighted by Crippen LogP contribution is -2.23. The molecular formula is C24H28N2O3. The standard InChI is InChI=1S/C24H28N2O3/c1-22(2,3)20-25-16-12-8-10-14(18(16)28-20)24(7,27)15-11-9-13-17-19(15)29-21(26-17)23(4,5)6/h8-13,27H,1-7H3. The van der Waals surface area contributed by atoms with Crippen LogP contribution < -0.4 is 0 Å². The van der Waals surface area contributed by atoms with Gasteiger partial charge in [-0.15, -0.1) is 0 Å². The summed E-state index contributed by atoms with van der Waals surface area (Å²) < 4.78 is 12.3. The largest absolute Gasteiger partial charge is 0.440 e. The van der Waals surface area contributed by atoms with Crippen LogP contribution in [0, 0.1) is 0 Å². The number of aromatic nitrogens is 2. The fraction of sp³-hybridized carbons (Fsp3) is 0.417. The highest BCUT2D eigenvalue weighted by Crippen LogP contribution is 2.40. The first-order valence-electron chi connectivity index (χ1n) is 9.92. The summed E-state index contributed by atoms with van der Waals surface area (Å²) in [5.74, 6) is 1.28. The van der Waals surface area contributed by atoms with Gasteiger partial charge in [0, 0.05) is 22.0 Å². The van der Waals surface area contributed by atoms with Crippen LogP contribution in [0.15, 0.2) is 45.2 Å². The van der Waals surface area contributed by atoms with Crippen molar-refractivity contribution in [2.45, 2.75) is 64.9 Å². The van der Waals surface area contributed by atoms with E-state index in [1.807, 2.05) is 36.4 Å². The van der Waals surface area contributed by atoms with Gasteiger partial charge in [-0.3, -0.25) is 0 Å². The molecule has 0 fully saturated rings. The van der Waals surface area contributed by atoms with Crippen LogP contribution in [0.25, 0.3) is 22.2 Å². The van der Waals surface area contributed by atoms with Crippen molar-refractivity contribution >= 4 is 22.2 Å². The molecule has 29 heavy (non-hydrogen) atoms. The van der Waals surface area contributed by atoms with Crippen molar-refractivity contribution in [1.29, 1.82) is 0 Å². The topological polar surface area (TPSA) is 72.3 Å². The number of para-hydroxylation sites is 2. The molecule has 5 heteroatoms. The molecule has 2 aromatic heterocycles. The van der Waals surface area contributed by atoms with E-state index in [1.165, 1.54) is 0 Å². The van der Waals surface area contributed by atoms with E-state index in [-0.39, 0.29) is 10.8 Å². The fourth-order valence-electron chi connectivity index (χ4n) is 3.45. The molecule has 4 rings (SSSR count). The normalized spacial score (nSPS) is 13.5. The first-order valence-corrected chi connectivity index (χ1v) is 9.92. The Bertz CT molecular complexity index is 1110.